The summed E-state index contributed by atoms with van der Waals surface area (Å²) in [5.41, 5.74) is 10.3. The molecule has 7 nitrogen and oxygen atoms in total. The van der Waals surface area contributed by atoms with E-state index >= 15 is 0 Å². The average Bonchev–Trinajstić information content (AvgIpc) is 3.14. The van der Waals surface area contributed by atoms with Crippen molar-refractivity contribution in [1.29, 1.82) is 0 Å². The van der Waals surface area contributed by atoms with E-state index in [-0.39, 0.29) is 19.0 Å². The number of aliphatic hydroxyl groups is 1. The third-order valence-electron chi connectivity index (χ3n) is 6.98. The van der Waals surface area contributed by atoms with Crippen LogP contribution >= 0.6 is 0 Å². The summed E-state index contributed by atoms with van der Waals surface area (Å²) in [5, 5.41) is 12.8. The molecule has 208 valence electrons. The summed E-state index contributed by atoms with van der Waals surface area (Å²) < 4.78 is 35.6. The summed E-state index contributed by atoms with van der Waals surface area (Å²) in [4.78, 5) is 0. The monoisotopic (exact) mass is 573 g/mol. The van der Waals surface area contributed by atoms with Crippen LogP contribution in [0.4, 0.5) is 11.4 Å². The molecule has 1 aliphatic heterocycles. The van der Waals surface area contributed by atoms with E-state index in [1.165, 1.54) is 6.20 Å². The molecule has 0 aliphatic carbocycles. The Morgan fingerprint density at radius 1 is 0.875 bits per heavy atom. The zero-order valence-electron chi connectivity index (χ0n) is 23.0. The maximum atomic E-state index is 13.6. The summed E-state index contributed by atoms with van der Waals surface area (Å²) >= 11 is 0. The quantitative estimate of drug-likeness (QED) is 0.173. The van der Waals surface area contributed by atoms with Gasteiger partial charge in [0.2, 0.25) is 5.88 Å². The first-order valence-corrected chi connectivity index (χ1v) is 18.4. The largest absolute Gasteiger partial charge is 0.493 e. The van der Waals surface area contributed by atoms with Crippen LogP contribution in [0.2, 0.25) is 25.7 Å². The Bertz CT molecular complexity index is 1670. The molecule has 0 aromatic heterocycles. The number of nitrogens with two attached hydrogens (primary N) is 1. The first kappa shape index (κ1) is 27.6. The molecule has 9 heteroatoms. The number of anilines is 2. The Hall–Kier alpha value is -3.95. The van der Waals surface area contributed by atoms with Crippen LogP contribution in [0.3, 0.4) is 0 Å². The highest BCUT2D eigenvalue weighted by Gasteiger charge is 2.39. The molecule has 0 radical (unpaired) electrons. The first-order valence-electron chi connectivity index (χ1n) is 13.3. The lowest BCUT2D eigenvalue weighted by Crippen LogP contribution is -2.37. The predicted molar refractivity (Wildman–Crippen MR) is 165 cm³/mol. The molecule has 1 heterocycles. The maximum absolute atomic E-state index is 13.6. The molecule has 1 aliphatic rings. The molecule has 3 N–H and O–H groups in total. The normalized spacial score (nSPS) is 14.9. The fraction of sp³-hybridized carbons (Fsp3) is 0.226. The van der Waals surface area contributed by atoms with E-state index in [0.29, 0.717) is 23.5 Å². The van der Waals surface area contributed by atoms with Gasteiger partial charge in [0, 0.05) is 20.3 Å². The molecule has 0 unspecified atom stereocenters. The van der Waals surface area contributed by atoms with Gasteiger partial charge in [-0.2, -0.15) is 8.42 Å². The van der Waals surface area contributed by atoms with Crippen molar-refractivity contribution >= 4 is 40.4 Å². The molecule has 0 spiro atoms. The van der Waals surface area contributed by atoms with Gasteiger partial charge in [-0.15, -0.1) is 0 Å². The van der Waals surface area contributed by atoms with Crippen molar-refractivity contribution in [3.8, 4) is 5.75 Å². The number of benzene rings is 4. The van der Waals surface area contributed by atoms with Crippen LogP contribution in [0.1, 0.15) is 16.7 Å². The van der Waals surface area contributed by atoms with Gasteiger partial charge in [0.25, 0.3) is 0 Å². The summed E-state index contributed by atoms with van der Waals surface area (Å²) in [6.07, 6.45) is 1.81. The number of ether oxygens (including phenoxy) is 1. The fourth-order valence-electron chi connectivity index (χ4n) is 4.70. The predicted octanol–water partition coefficient (Wildman–Crippen LogP) is 6.65. The maximum Gasteiger partial charge on any atom is 0.332 e. The van der Waals surface area contributed by atoms with E-state index in [1.807, 2.05) is 66.7 Å². The molecule has 0 atom stereocenters. The molecule has 40 heavy (non-hydrogen) atoms. The Labute approximate surface area is 237 Å². The number of nitrogens with zero attached hydrogens (tertiary/aromatic N) is 2. The van der Waals surface area contributed by atoms with Crippen molar-refractivity contribution in [1.82, 2.24) is 4.31 Å². The third kappa shape index (κ3) is 5.95. The Kier molecular flexibility index (Phi) is 7.52. The summed E-state index contributed by atoms with van der Waals surface area (Å²) in [6, 6.07) is 28.0. The zero-order chi connectivity index (χ0) is 28.5. The van der Waals surface area contributed by atoms with Gasteiger partial charge in [-0.1, -0.05) is 80.3 Å². The molecule has 0 bridgehead atoms. The minimum absolute atomic E-state index is 0.233. The second-order valence-electron chi connectivity index (χ2n) is 11.3. The zero-order valence-corrected chi connectivity index (χ0v) is 24.9. The SMILES string of the molecule is C[Si](C)(C)CCN1C(O)=CN(c2ccc(Cc3cc4ccccc4cc3N)cc2OCc2ccccc2)S1(=O)=O. The number of rotatable bonds is 9. The number of nitrogen functional groups attached to an aromatic ring is 1. The van der Waals surface area contributed by atoms with Crippen LogP contribution in [0, 0.1) is 0 Å². The topological polar surface area (TPSA) is 96.1 Å². The Balaban J connectivity index is 1.49. The summed E-state index contributed by atoms with van der Waals surface area (Å²) in [6.45, 7) is 7.01. The van der Waals surface area contributed by atoms with Crippen LogP contribution in [0.5, 0.6) is 5.75 Å². The van der Waals surface area contributed by atoms with Gasteiger partial charge in [0.15, 0.2) is 0 Å². The Morgan fingerprint density at radius 3 is 2.25 bits per heavy atom. The van der Waals surface area contributed by atoms with Crippen LogP contribution in [-0.2, 0) is 23.2 Å². The van der Waals surface area contributed by atoms with E-state index in [9.17, 15) is 13.5 Å². The number of fused-ring (bicyclic) bond motifs is 1. The van der Waals surface area contributed by atoms with Crippen molar-refractivity contribution < 1.29 is 18.3 Å². The minimum Gasteiger partial charge on any atom is -0.493 e. The number of hydrogen-bond acceptors (Lipinski definition) is 5. The van der Waals surface area contributed by atoms with Gasteiger partial charge in [0.1, 0.15) is 18.0 Å². The van der Waals surface area contributed by atoms with Crippen molar-refractivity contribution in [3.63, 3.8) is 0 Å². The highest BCUT2D eigenvalue weighted by atomic mass is 32.2. The smallest absolute Gasteiger partial charge is 0.332 e. The molecule has 5 rings (SSSR count). The molecular formula is C31H35N3O4SSi. The lowest BCUT2D eigenvalue weighted by Gasteiger charge is -2.25. The minimum atomic E-state index is -4.01. The van der Waals surface area contributed by atoms with Gasteiger partial charge in [-0.3, -0.25) is 0 Å². The highest BCUT2D eigenvalue weighted by molar-refractivity contribution is 7.91. The van der Waals surface area contributed by atoms with E-state index in [2.05, 4.69) is 31.8 Å². The second kappa shape index (κ2) is 10.9. The highest BCUT2D eigenvalue weighted by Crippen LogP contribution is 2.38. The van der Waals surface area contributed by atoms with Gasteiger partial charge in [0.05, 0.1) is 6.20 Å². The molecule has 4 aromatic carbocycles. The van der Waals surface area contributed by atoms with Crippen LogP contribution < -0.4 is 14.8 Å². The van der Waals surface area contributed by atoms with Crippen LogP contribution in [-0.4, -0.2) is 32.4 Å². The Morgan fingerprint density at radius 2 is 1.55 bits per heavy atom. The lowest BCUT2D eigenvalue weighted by atomic mass is 9.99. The fourth-order valence-corrected chi connectivity index (χ4v) is 7.20. The molecule has 0 fully saturated rings. The van der Waals surface area contributed by atoms with Gasteiger partial charge >= 0.3 is 10.2 Å². The van der Waals surface area contributed by atoms with Crippen molar-refractivity contribution in [3.05, 3.63) is 114 Å². The summed E-state index contributed by atoms with van der Waals surface area (Å²) in [5.74, 6) is 0.112. The van der Waals surface area contributed by atoms with Crippen molar-refractivity contribution in [2.75, 3.05) is 16.6 Å². The van der Waals surface area contributed by atoms with Crippen molar-refractivity contribution in [2.24, 2.45) is 0 Å². The van der Waals surface area contributed by atoms with Crippen LogP contribution in [0.15, 0.2) is 97.0 Å². The lowest BCUT2D eigenvalue weighted by molar-refractivity contribution is 0.294. The molecule has 0 saturated carbocycles. The van der Waals surface area contributed by atoms with E-state index in [4.69, 9.17) is 10.5 Å². The van der Waals surface area contributed by atoms with Gasteiger partial charge in [-0.05, 0) is 64.2 Å². The molecular weight excluding hydrogens is 539 g/mol. The average molecular weight is 574 g/mol. The standard InChI is InChI=1S/C31H35N3O4SSi/c1-40(2,3)16-15-33-31(35)21-34(39(33,36)37)29-14-13-24(18-30(29)38-22-23-9-5-4-6-10-23)17-27-19-25-11-7-8-12-26(25)20-28(27)32/h4-14,18-21,35H,15-17,22,32H2,1-3H3. The summed E-state index contributed by atoms with van der Waals surface area (Å²) in [7, 11) is -5.56. The van der Waals surface area contributed by atoms with E-state index < -0.39 is 18.3 Å². The van der Waals surface area contributed by atoms with E-state index in [0.717, 1.165) is 42.1 Å². The third-order valence-corrected chi connectivity index (χ3v) is 10.4. The van der Waals surface area contributed by atoms with Crippen molar-refractivity contribution in [2.45, 2.75) is 38.7 Å². The number of hydrogen-bond donors (Lipinski definition) is 2. The number of aliphatic hydroxyl groups excluding tert-OH is 1. The van der Waals surface area contributed by atoms with Crippen LogP contribution in [0.25, 0.3) is 10.8 Å². The first-order chi connectivity index (χ1) is 19.0. The van der Waals surface area contributed by atoms with Gasteiger partial charge in [-0.25, -0.2) is 8.61 Å². The molecule has 4 aromatic rings. The van der Waals surface area contributed by atoms with Gasteiger partial charge < -0.3 is 15.6 Å². The van der Waals surface area contributed by atoms with E-state index in [1.54, 1.807) is 6.07 Å². The second-order valence-corrected chi connectivity index (χ2v) is 18.7. The molecule has 0 saturated heterocycles. The molecule has 0 amide bonds.